The number of nitrogens with one attached hydrogen (secondary N) is 2. The molecule has 1 amide bonds. The van der Waals surface area contributed by atoms with Crippen LogP contribution in [0.15, 0.2) is 42.5 Å². The molecule has 1 unspecified atom stereocenters. The highest BCUT2D eigenvalue weighted by atomic mass is 35.5. The van der Waals surface area contributed by atoms with Gasteiger partial charge in [0.25, 0.3) is 11.6 Å². The summed E-state index contributed by atoms with van der Waals surface area (Å²) >= 11 is 6.03. The molecule has 0 aliphatic carbocycles. The Balaban J connectivity index is 2.21. The molecule has 0 spiro atoms. The number of nitro benzene ring substituents is 1. The van der Waals surface area contributed by atoms with E-state index in [1.807, 2.05) is 0 Å². The van der Waals surface area contributed by atoms with Crippen LogP contribution in [0.3, 0.4) is 0 Å². The summed E-state index contributed by atoms with van der Waals surface area (Å²) in [4.78, 5) is 22.2. The van der Waals surface area contributed by atoms with Crippen LogP contribution in [0, 0.1) is 10.1 Å². The summed E-state index contributed by atoms with van der Waals surface area (Å²) in [5.74, 6) is -0.464. The van der Waals surface area contributed by atoms with E-state index in [2.05, 4.69) is 10.6 Å². The molecule has 24 heavy (non-hydrogen) atoms. The van der Waals surface area contributed by atoms with Crippen molar-refractivity contribution in [2.75, 3.05) is 18.9 Å². The van der Waals surface area contributed by atoms with E-state index >= 15 is 0 Å². The molecule has 0 radical (unpaired) electrons. The smallest absolute Gasteiger partial charge is 0.270 e. The molecule has 0 aliphatic rings. The molecular formula is C16H16ClN3O4. The number of aliphatic hydroxyl groups is 1. The van der Waals surface area contributed by atoms with Gasteiger partial charge >= 0.3 is 0 Å². The van der Waals surface area contributed by atoms with Crippen LogP contribution in [0.25, 0.3) is 0 Å². The van der Waals surface area contributed by atoms with Gasteiger partial charge in [-0.1, -0.05) is 29.8 Å². The largest absolute Gasteiger partial charge is 0.387 e. The first-order chi connectivity index (χ1) is 11.4. The second-order valence-corrected chi connectivity index (χ2v) is 5.39. The number of aliphatic hydroxyl groups excluding tert-OH is 1. The van der Waals surface area contributed by atoms with Crippen molar-refractivity contribution >= 4 is 28.9 Å². The summed E-state index contributed by atoms with van der Waals surface area (Å²) in [7, 11) is 1.43. The van der Waals surface area contributed by atoms with E-state index in [9.17, 15) is 20.0 Å². The monoisotopic (exact) mass is 349 g/mol. The van der Waals surface area contributed by atoms with E-state index < -0.39 is 16.9 Å². The topological polar surface area (TPSA) is 104 Å². The number of nitro groups is 1. The minimum absolute atomic E-state index is 0.0888. The van der Waals surface area contributed by atoms with Crippen LogP contribution < -0.4 is 10.6 Å². The summed E-state index contributed by atoms with van der Waals surface area (Å²) in [5.41, 5.74) is 0.866. The van der Waals surface area contributed by atoms with Crippen molar-refractivity contribution in [1.29, 1.82) is 0 Å². The second-order valence-electron chi connectivity index (χ2n) is 4.98. The molecule has 0 saturated carbocycles. The Morgan fingerprint density at radius 1 is 1.33 bits per heavy atom. The van der Waals surface area contributed by atoms with Gasteiger partial charge in [0.2, 0.25) is 0 Å². The molecule has 0 aliphatic heterocycles. The number of hydrogen-bond acceptors (Lipinski definition) is 5. The summed E-state index contributed by atoms with van der Waals surface area (Å²) in [5, 5.41) is 26.9. The molecule has 3 N–H and O–H groups in total. The number of benzene rings is 2. The molecule has 0 aromatic heterocycles. The lowest BCUT2D eigenvalue weighted by atomic mass is 10.1. The lowest BCUT2D eigenvalue weighted by molar-refractivity contribution is -0.384. The Labute approximate surface area is 143 Å². The normalized spacial score (nSPS) is 11.6. The van der Waals surface area contributed by atoms with Gasteiger partial charge in [-0.3, -0.25) is 14.9 Å². The number of carbonyl (C=O) groups is 1. The van der Waals surface area contributed by atoms with Crippen molar-refractivity contribution in [3.8, 4) is 0 Å². The van der Waals surface area contributed by atoms with Gasteiger partial charge in [-0.25, -0.2) is 0 Å². The summed E-state index contributed by atoms with van der Waals surface area (Å²) in [6, 6.07) is 10.8. The molecule has 126 valence electrons. The highest BCUT2D eigenvalue weighted by molar-refractivity contribution is 6.31. The highest BCUT2D eigenvalue weighted by Crippen LogP contribution is 2.25. The fourth-order valence-electron chi connectivity index (χ4n) is 2.18. The van der Waals surface area contributed by atoms with Crippen molar-refractivity contribution in [1.82, 2.24) is 5.32 Å². The predicted molar refractivity (Wildman–Crippen MR) is 91.4 cm³/mol. The number of nitrogens with zero attached hydrogens (tertiary/aromatic N) is 1. The molecule has 2 rings (SSSR count). The van der Waals surface area contributed by atoms with Crippen LogP contribution in [-0.4, -0.2) is 29.5 Å². The number of amides is 1. The van der Waals surface area contributed by atoms with Gasteiger partial charge in [-0.15, -0.1) is 0 Å². The molecular weight excluding hydrogens is 334 g/mol. The summed E-state index contributed by atoms with van der Waals surface area (Å²) in [6.45, 7) is 0.0888. The van der Waals surface area contributed by atoms with Crippen LogP contribution in [-0.2, 0) is 0 Å². The number of halogens is 1. The van der Waals surface area contributed by atoms with Gasteiger partial charge in [0.1, 0.15) is 0 Å². The molecule has 1 atom stereocenters. The van der Waals surface area contributed by atoms with Gasteiger partial charge in [-0.05, 0) is 12.1 Å². The Bertz CT molecular complexity index is 767. The summed E-state index contributed by atoms with van der Waals surface area (Å²) in [6.07, 6.45) is -0.897. The predicted octanol–water partition coefficient (Wildman–Crippen LogP) is 2.75. The Hall–Kier alpha value is -2.64. The Kier molecular flexibility index (Phi) is 5.73. The first-order valence-electron chi connectivity index (χ1n) is 7.11. The van der Waals surface area contributed by atoms with Crippen LogP contribution in [0.2, 0.25) is 5.02 Å². The van der Waals surface area contributed by atoms with E-state index in [0.717, 1.165) is 0 Å². The van der Waals surface area contributed by atoms with E-state index in [-0.39, 0.29) is 17.8 Å². The van der Waals surface area contributed by atoms with E-state index in [1.54, 1.807) is 24.3 Å². The SMILES string of the molecule is CNC(=O)c1cc([N+](=O)[O-])ccc1NCC(O)c1ccccc1Cl. The zero-order chi connectivity index (χ0) is 17.7. The molecule has 8 heteroatoms. The third kappa shape index (κ3) is 4.01. The van der Waals surface area contributed by atoms with Gasteiger partial charge in [-0.2, -0.15) is 0 Å². The first kappa shape index (κ1) is 17.7. The van der Waals surface area contributed by atoms with Gasteiger partial charge in [0, 0.05) is 42.0 Å². The minimum atomic E-state index is -0.897. The van der Waals surface area contributed by atoms with Crippen LogP contribution in [0.5, 0.6) is 0 Å². The van der Waals surface area contributed by atoms with Crippen molar-refractivity contribution in [2.24, 2.45) is 0 Å². The number of anilines is 1. The van der Waals surface area contributed by atoms with E-state index in [0.29, 0.717) is 16.3 Å². The molecule has 0 fully saturated rings. The fraction of sp³-hybridized carbons (Fsp3) is 0.188. The third-order valence-corrected chi connectivity index (χ3v) is 3.78. The number of hydrogen-bond donors (Lipinski definition) is 3. The average Bonchev–Trinajstić information content (AvgIpc) is 2.59. The van der Waals surface area contributed by atoms with Crippen molar-refractivity contribution in [3.05, 3.63) is 68.7 Å². The molecule has 2 aromatic carbocycles. The molecule has 0 heterocycles. The quantitative estimate of drug-likeness (QED) is 0.549. The van der Waals surface area contributed by atoms with Gasteiger partial charge < -0.3 is 15.7 Å². The van der Waals surface area contributed by atoms with E-state index in [1.165, 1.54) is 25.2 Å². The van der Waals surface area contributed by atoms with Crippen LogP contribution in [0.4, 0.5) is 11.4 Å². The Morgan fingerprint density at radius 2 is 2.04 bits per heavy atom. The lowest BCUT2D eigenvalue weighted by Crippen LogP contribution is -2.21. The first-order valence-corrected chi connectivity index (χ1v) is 7.48. The number of carbonyl (C=O) groups excluding carboxylic acids is 1. The Morgan fingerprint density at radius 3 is 2.67 bits per heavy atom. The maximum Gasteiger partial charge on any atom is 0.270 e. The third-order valence-electron chi connectivity index (χ3n) is 3.44. The second kappa shape index (κ2) is 7.76. The molecule has 7 nitrogen and oxygen atoms in total. The molecule has 0 bridgehead atoms. The standard InChI is InChI=1S/C16H16ClN3O4/c1-18-16(22)12-8-10(20(23)24)6-7-14(12)19-9-15(21)11-4-2-3-5-13(11)17/h2-8,15,19,21H,9H2,1H3,(H,18,22). The highest BCUT2D eigenvalue weighted by Gasteiger charge is 2.17. The average molecular weight is 350 g/mol. The number of rotatable bonds is 6. The lowest BCUT2D eigenvalue weighted by Gasteiger charge is -2.16. The van der Waals surface area contributed by atoms with Gasteiger partial charge in [0.15, 0.2) is 0 Å². The maximum atomic E-state index is 11.9. The van der Waals surface area contributed by atoms with Crippen LogP contribution >= 0.6 is 11.6 Å². The van der Waals surface area contributed by atoms with Crippen LogP contribution in [0.1, 0.15) is 22.0 Å². The molecule has 2 aromatic rings. The van der Waals surface area contributed by atoms with Crippen molar-refractivity contribution in [2.45, 2.75) is 6.10 Å². The fourth-order valence-corrected chi connectivity index (χ4v) is 2.45. The maximum absolute atomic E-state index is 11.9. The van der Waals surface area contributed by atoms with Gasteiger partial charge in [0.05, 0.1) is 16.6 Å². The zero-order valence-electron chi connectivity index (χ0n) is 12.8. The number of non-ortho nitro benzene ring substituents is 1. The summed E-state index contributed by atoms with van der Waals surface area (Å²) < 4.78 is 0. The molecule has 0 saturated heterocycles. The zero-order valence-corrected chi connectivity index (χ0v) is 13.6. The minimum Gasteiger partial charge on any atom is -0.387 e. The van der Waals surface area contributed by atoms with Crippen molar-refractivity contribution in [3.63, 3.8) is 0 Å². The van der Waals surface area contributed by atoms with E-state index in [4.69, 9.17) is 11.6 Å². The van der Waals surface area contributed by atoms with Crippen molar-refractivity contribution < 1.29 is 14.8 Å².